The van der Waals surface area contributed by atoms with E-state index < -0.39 is 36.6 Å². The quantitative estimate of drug-likeness (QED) is 0.613. The molecule has 2 aromatic carbocycles. The van der Waals surface area contributed by atoms with Crippen molar-refractivity contribution in [3.63, 3.8) is 0 Å². The van der Waals surface area contributed by atoms with Crippen molar-refractivity contribution in [2.45, 2.75) is 0 Å². The SMILES string of the molecule is COc1ccccc1C(=O)COC(=O)CNC(=O)c1cccc(F)c1. The molecule has 0 radical (unpaired) electrons. The molecule has 0 fully saturated rings. The van der Waals surface area contributed by atoms with Gasteiger partial charge in [-0.2, -0.15) is 0 Å². The van der Waals surface area contributed by atoms with Crippen LogP contribution in [0.5, 0.6) is 5.75 Å². The highest BCUT2D eigenvalue weighted by molar-refractivity contribution is 6.00. The number of hydrogen-bond donors (Lipinski definition) is 1. The third-order valence-electron chi connectivity index (χ3n) is 3.25. The van der Waals surface area contributed by atoms with Crippen LogP contribution in [0.25, 0.3) is 0 Å². The normalized spacial score (nSPS) is 10.0. The summed E-state index contributed by atoms with van der Waals surface area (Å²) in [6.45, 7) is -0.913. The third kappa shape index (κ3) is 5.13. The first kappa shape index (κ1) is 18.1. The zero-order chi connectivity index (χ0) is 18.2. The molecule has 0 spiro atoms. The van der Waals surface area contributed by atoms with Crippen LogP contribution in [0.1, 0.15) is 20.7 Å². The fraction of sp³-hybridized carbons (Fsp3) is 0.167. The van der Waals surface area contributed by atoms with E-state index in [1.165, 1.54) is 25.3 Å². The fourth-order valence-electron chi connectivity index (χ4n) is 2.03. The summed E-state index contributed by atoms with van der Waals surface area (Å²) in [6.07, 6.45) is 0. The van der Waals surface area contributed by atoms with Crippen LogP contribution < -0.4 is 10.1 Å². The first-order valence-corrected chi connectivity index (χ1v) is 7.37. The number of benzene rings is 2. The van der Waals surface area contributed by atoms with Gasteiger partial charge in [-0.05, 0) is 30.3 Å². The summed E-state index contributed by atoms with van der Waals surface area (Å²) in [6, 6.07) is 11.6. The van der Waals surface area contributed by atoms with Crippen LogP contribution in [0.4, 0.5) is 4.39 Å². The highest BCUT2D eigenvalue weighted by Crippen LogP contribution is 2.17. The number of methoxy groups -OCH3 is 1. The average Bonchev–Trinajstić information content (AvgIpc) is 2.64. The lowest BCUT2D eigenvalue weighted by Gasteiger charge is -2.08. The molecule has 2 rings (SSSR count). The number of ketones is 1. The Kier molecular flexibility index (Phi) is 6.22. The van der Waals surface area contributed by atoms with E-state index in [1.54, 1.807) is 24.3 Å². The van der Waals surface area contributed by atoms with Gasteiger partial charge in [0.05, 0.1) is 12.7 Å². The van der Waals surface area contributed by atoms with Crippen molar-refractivity contribution in [1.82, 2.24) is 5.32 Å². The second kappa shape index (κ2) is 8.58. The number of hydrogen-bond acceptors (Lipinski definition) is 5. The number of halogens is 1. The number of ether oxygens (including phenoxy) is 2. The maximum Gasteiger partial charge on any atom is 0.325 e. The van der Waals surface area contributed by atoms with Crippen molar-refractivity contribution >= 4 is 17.7 Å². The highest BCUT2D eigenvalue weighted by atomic mass is 19.1. The Morgan fingerprint density at radius 1 is 1.08 bits per heavy atom. The van der Waals surface area contributed by atoms with E-state index in [1.807, 2.05) is 0 Å². The van der Waals surface area contributed by atoms with E-state index >= 15 is 0 Å². The van der Waals surface area contributed by atoms with Crippen molar-refractivity contribution in [3.8, 4) is 5.75 Å². The third-order valence-corrected chi connectivity index (χ3v) is 3.25. The van der Waals surface area contributed by atoms with Crippen LogP contribution in [-0.4, -0.2) is 37.9 Å². The number of carbonyl (C=O) groups is 3. The van der Waals surface area contributed by atoms with E-state index in [4.69, 9.17) is 9.47 Å². The number of amides is 1. The van der Waals surface area contributed by atoms with E-state index in [2.05, 4.69) is 5.32 Å². The van der Waals surface area contributed by atoms with Crippen LogP contribution in [0.15, 0.2) is 48.5 Å². The molecule has 6 nitrogen and oxygen atoms in total. The minimum Gasteiger partial charge on any atom is -0.496 e. The summed E-state index contributed by atoms with van der Waals surface area (Å²) < 4.78 is 22.9. The number of Topliss-reactive ketones (excluding diaryl/α,β-unsaturated/α-hetero) is 1. The first-order valence-electron chi connectivity index (χ1n) is 7.37. The van der Waals surface area contributed by atoms with Gasteiger partial charge in [-0.3, -0.25) is 14.4 Å². The van der Waals surface area contributed by atoms with Gasteiger partial charge in [0.25, 0.3) is 5.91 Å². The fourth-order valence-corrected chi connectivity index (χ4v) is 2.03. The molecule has 130 valence electrons. The Morgan fingerprint density at radius 3 is 2.56 bits per heavy atom. The van der Waals surface area contributed by atoms with Gasteiger partial charge in [0.1, 0.15) is 18.1 Å². The molecule has 0 saturated heterocycles. The molecule has 1 amide bonds. The monoisotopic (exact) mass is 345 g/mol. The predicted octanol–water partition coefficient (Wildman–Crippen LogP) is 1.99. The Labute approximate surface area is 143 Å². The smallest absolute Gasteiger partial charge is 0.325 e. The van der Waals surface area contributed by atoms with Crippen LogP contribution in [0.2, 0.25) is 0 Å². The molecule has 0 aliphatic carbocycles. The summed E-state index contributed by atoms with van der Waals surface area (Å²) in [5, 5.41) is 2.30. The van der Waals surface area contributed by atoms with Crippen LogP contribution in [-0.2, 0) is 9.53 Å². The lowest BCUT2D eigenvalue weighted by Crippen LogP contribution is -2.31. The first-order chi connectivity index (χ1) is 12.0. The standard InChI is InChI=1S/C18H16FNO5/c1-24-16-8-3-2-7-14(16)15(21)11-25-17(22)10-20-18(23)12-5-4-6-13(19)9-12/h2-9H,10-11H2,1H3,(H,20,23). The second-order valence-corrected chi connectivity index (χ2v) is 4.98. The van der Waals surface area contributed by atoms with E-state index in [9.17, 15) is 18.8 Å². The molecule has 0 unspecified atom stereocenters. The van der Waals surface area contributed by atoms with Crippen molar-refractivity contribution in [2.75, 3.05) is 20.3 Å². The Hall–Kier alpha value is -3.22. The van der Waals surface area contributed by atoms with E-state index in [0.717, 1.165) is 6.07 Å². The van der Waals surface area contributed by atoms with Gasteiger partial charge in [0, 0.05) is 5.56 Å². The molecule has 7 heteroatoms. The number of carbonyl (C=O) groups excluding carboxylic acids is 3. The molecule has 0 aliphatic rings. The van der Waals surface area contributed by atoms with Crippen molar-refractivity contribution in [1.29, 1.82) is 0 Å². The van der Waals surface area contributed by atoms with Crippen molar-refractivity contribution in [3.05, 3.63) is 65.5 Å². The molecule has 2 aromatic rings. The molecule has 25 heavy (non-hydrogen) atoms. The van der Waals surface area contributed by atoms with Crippen LogP contribution >= 0.6 is 0 Å². The molecule has 0 saturated carbocycles. The molecular formula is C18H16FNO5. The number of para-hydroxylation sites is 1. The maximum atomic E-state index is 13.0. The molecule has 0 atom stereocenters. The van der Waals surface area contributed by atoms with Crippen LogP contribution in [0.3, 0.4) is 0 Å². The van der Waals surface area contributed by atoms with Crippen molar-refractivity contribution in [2.24, 2.45) is 0 Å². The largest absolute Gasteiger partial charge is 0.496 e. The summed E-state index contributed by atoms with van der Waals surface area (Å²) in [5.41, 5.74) is 0.375. The van der Waals surface area contributed by atoms with Gasteiger partial charge in [-0.1, -0.05) is 18.2 Å². The van der Waals surface area contributed by atoms with Gasteiger partial charge in [0.2, 0.25) is 5.78 Å². The van der Waals surface area contributed by atoms with Crippen LogP contribution in [0, 0.1) is 5.82 Å². The van der Waals surface area contributed by atoms with Gasteiger partial charge in [-0.15, -0.1) is 0 Å². The summed E-state index contributed by atoms with van der Waals surface area (Å²) >= 11 is 0. The molecule has 0 bridgehead atoms. The minimum absolute atomic E-state index is 0.0814. The highest BCUT2D eigenvalue weighted by Gasteiger charge is 2.15. The second-order valence-electron chi connectivity index (χ2n) is 4.98. The van der Waals surface area contributed by atoms with Gasteiger partial charge in [-0.25, -0.2) is 4.39 Å². The number of rotatable bonds is 7. The average molecular weight is 345 g/mol. The van der Waals surface area contributed by atoms with E-state index in [0.29, 0.717) is 11.3 Å². The molecule has 0 heterocycles. The summed E-state index contributed by atoms with van der Waals surface area (Å²) in [7, 11) is 1.43. The Bertz CT molecular complexity index is 791. The van der Waals surface area contributed by atoms with Gasteiger partial charge >= 0.3 is 5.97 Å². The molecule has 0 aromatic heterocycles. The molecular weight excluding hydrogens is 329 g/mol. The van der Waals surface area contributed by atoms with Gasteiger partial charge < -0.3 is 14.8 Å². The lowest BCUT2D eigenvalue weighted by molar-refractivity contribution is -0.141. The molecule has 0 aliphatic heterocycles. The predicted molar refractivity (Wildman–Crippen MR) is 87.0 cm³/mol. The zero-order valence-electron chi connectivity index (χ0n) is 13.5. The number of nitrogens with one attached hydrogen (secondary N) is 1. The minimum atomic E-state index is -0.784. The van der Waals surface area contributed by atoms with Gasteiger partial charge in [0.15, 0.2) is 6.61 Å². The van der Waals surface area contributed by atoms with Crippen molar-refractivity contribution < 1.29 is 28.2 Å². The molecule has 1 N–H and O–H groups in total. The Balaban J connectivity index is 1.82. The maximum absolute atomic E-state index is 13.0. The Morgan fingerprint density at radius 2 is 1.84 bits per heavy atom. The topological polar surface area (TPSA) is 81.7 Å². The van der Waals surface area contributed by atoms with E-state index in [-0.39, 0.29) is 5.56 Å². The summed E-state index contributed by atoms with van der Waals surface area (Å²) in [4.78, 5) is 35.5. The number of esters is 1. The lowest BCUT2D eigenvalue weighted by atomic mass is 10.1. The summed E-state index contributed by atoms with van der Waals surface area (Å²) in [5.74, 6) is -2.01. The zero-order valence-corrected chi connectivity index (χ0v) is 13.5.